The van der Waals surface area contributed by atoms with E-state index < -0.39 is 34.6 Å². The highest BCUT2D eigenvalue weighted by atomic mass is 32.1. The van der Waals surface area contributed by atoms with Crippen molar-refractivity contribution in [3.05, 3.63) is 48.9 Å². The standard InChI is InChI=1S/C17H20N4O6S/c1-9(2)8-27-16(24)14-11(4)18-17(28-14)19-13(22)7-20-10(3)5-6-12(15(20)23)21(25)26/h5-6,9H,7-8H2,1-4H3,(H,18,19,22). The number of amides is 1. The van der Waals surface area contributed by atoms with Crippen molar-refractivity contribution in [3.8, 4) is 0 Å². The molecule has 0 radical (unpaired) electrons. The van der Waals surface area contributed by atoms with Crippen LogP contribution in [0, 0.1) is 29.9 Å². The summed E-state index contributed by atoms with van der Waals surface area (Å²) in [5.41, 5.74) is -0.663. The fraction of sp³-hybridized carbons (Fsp3) is 0.412. The lowest BCUT2D eigenvalue weighted by Gasteiger charge is -2.08. The van der Waals surface area contributed by atoms with E-state index in [1.807, 2.05) is 13.8 Å². The summed E-state index contributed by atoms with van der Waals surface area (Å²) in [6.07, 6.45) is 0. The second kappa shape index (κ2) is 8.74. The number of nitro groups is 1. The van der Waals surface area contributed by atoms with Gasteiger partial charge in [0.05, 0.1) is 17.2 Å². The molecule has 0 aliphatic rings. The Morgan fingerprint density at radius 1 is 1.36 bits per heavy atom. The average molecular weight is 408 g/mol. The number of anilines is 1. The maximum Gasteiger partial charge on any atom is 0.350 e. The third kappa shape index (κ3) is 5.00. The Morgan fingerprint density at radius 2 is 2.04 bits per heavy atom. The molecule has 0 spiro atoms. The molecule has 0 aliphatic heterocycles. The average Bonchev–Trinajstić information content (AvgIpc) is 2.96. The van der Waals surface area contributed by atoms with Gasteiger partial charge >= 0.3 is 17.2 Å². The van der Waals surface area contributed by atoms with E-state index in [1.165, 1.54) is 6.07 Å². The Morgan fingerprint density at radius 3 is 2.64 bits per heavy atom. The van der Waals surface area contributed by atoms with Crippen molar-refractivity contribution in [2.75, 3.05) is 11.9 Å². The van der Waals surface area contributed by atoms with Crippen LogP contribution in [0.4, 0.5) is 10.8 Å². The number of hydrogen-bond acceptors (Lipinski definition) is 8. The fourth-order valence-electron chi connectivity index (χ4n) is 2.24. The third-order valence-electron chi connectivity index (χ3n) is 3.65. The SMILES string of the molecule is Cc1nc(NC(=O)Cn2c(C)ccc([N+](=O)[O-])c2=O)sc1C(=O)OCC(C)C. The molecule has 0 bridgehead atoms. The molecule has 0 unspecified atom stereocenters. The number of hydrogen-bond donors (Lipinski definition) is 1. The second-order valence-corrected chi connectivity index (χ2v) is 7.48. The van der Waals surface area contributed by atoms with Crippen LogP contribution >= 0.6 is 11.3 Å². The number of nitrogens with zero attached hydrogens (tertiary/aromatic N) is 3. The van der Waals surface area contributed by atoms with Gasteiger partial charge in [-0.15, -0.1) is 0 Å². The van der Waals surface area contributed by atoms with Gasteiger partial charge in [-0.3, -0.25) is 24.3 Å². The summed E-state index contributed by atoms with van der Waals surface area (Å²) in [5.74, 6) is -0.927. The molecule has 2 aromatic rings. The molecule has 0 saturated heterocycles. The summed E-state index contributed by atoms with van der Waals surface area (Å²) in [5, 5.41) is 13.6. The van der Waals surface area contributed by atoms with E-state index in [4.69, 9.17) is 4.74 Å². The molecule has 11 heteroatoms. The maximum absolute atomic E-state index is 12.3. The zero-order chi connectivity index (χ0) is 21.0. The summed E-state index contributed by atoms with van der Waals surface area (Å²) < 4.78 is 6.17. The first-order valence-electron chi connectivity index (χ1n) is 8.39. The van der Waals surface area contributed by atoms with E-state index in [0.29, 0.717) is 11.4 Å². The molecule has 0 aromatic carbocycles. The zero-order valence-electron chi connectivity index (χ0n) is 15.8. The van der Waals surface area contributed by atoms with Gasteiger partial charge in [0.15, 0.2) is 5.13 Å². The van der Waals surface area contributed by atoms with Gasteiger partial charge in [-0.25, -0.2) is 9.78 Å². The van der Waals surface area contributed by atoms with E-state index in [0.717, 1.165) is 22.0 Å². The molecule has 10 nitrogen and oxygen atoms in total. The summed E-state index contributed by atoms with van der Waals surface area (Å²) in [4.78, 5) is 51.0. The Balaban J connectivity index is 2.14. The Bertz CT molecular complexity index is 979. The second-order valence-electron chi connectivity index (χ2n) is 6.48. The zero-order valence-corrected chi connectivity index (χ0v) is 16.7. The van der Waals surface area contributed by atoms with Gasteiger partial charge in [-0.05, 0) is 25.8 Å². The lowest BCUT2D eigenvalue weighted by atomic mass is 10.2. The number of carbonyl (C=O) groups excluding carboxylic acids is 2. The predicted octanol–water partition coefficient (Wildman–Crippen LogP) is 2.28. The van der Waals surface area contributed by atoms with Crippen molar-refractivity contribution < 1.29 is 19.2 Å². The van der Waals surface area contributed by atoms with Crippen molar-refractivity contribution in [2.45, 2.75) is 34.2 Å². The van der Waals surface area contributed by atoms with Crippen molar-refractivity contribution in [2.24, 2.45) is 5.92 Å². The predicted molar refractivity (Wildman–Crippen MR) is 103 cm³/mol. The minimum atomic E-state index is -0.867. The molecule has 2 aromatic heterocycles. The highest BCUT2D eigenvalue weighted by molar-refractivity contribution is 7.17. The highest BCUT2D eigenvalue weighted by Gasteiger charge is 2.20. The molecule has 0 saturated carbocycles. The van der Waals surface area contributed by atoms with E-state index in [-0.39, 0.29) is 22.5 Å². The van der Waals surface area contributed by atoms with E-state index in [9.17, 15) is 24.5 Å². The van der Waals surface area contributed by atoms with Crippen LogP contribution in [0.25, 0.3) is 0 Å². The van der Waals surface area contributed by atoms with Gasteiger partial charge in [0.2, 0.25) is 5.91 Å². The largest absolute Gasteiger partial charge is 0.461 e. The number of ether oxygens (including phenoxy) is 1. The lowest BCUT2D eigenvalue weighted by Crippen LogP contribution is -2.30. The molecule has 150 valence electrons. The summed E-state index contributed by atoms with van der Waals surface area (Å²) >= 11 is 0.961. The Labute approximate surface area is 164 Å². The topological polar surface area (TPSA) is 133 Å². The molecule has 2 heterocycles. The first-order chi connectivity index (χ1) is 13.1. The number of aromatic nitrogens is 2. The smallest absolute Gasteiger partial charge is 0.350 e. The summed E-state index contributed by atoms with van der Waals surface area (Å²) in [6.45, 7) is 6.86. The molecule has 2 rings (SSSR count). The van der Waals surface area contributed by atoms with Crippen LogP contribution < -0.4 is 10.9 Å². The van der Waals surface area contributed by atoms with Gasteiger partial charge in [-0.2, -0.15) is 0 Å². The summed E-state index contributed by atoms with van der Waals surface area (Å²) in [7, 11) is 0. The number of pyridine rings is 1. The number of aryl methyl sites for hydroxylation is 2. The van der Waals surface area contributed by atoms with Crippen molar-refractivity contribution in [1.82, 2.24) is 9.55 Å². The first-order valence-corrected chi connectivity index (χ1v) is 9.21. The third-order valence-corrected chi connectivity index (χ3v) is 4.70. The van der Waals surface area contributed by atoms with Crippen LogP contribution in [0.2, 0.25) is 0 Å². The van der Waals surface area contributed by atoms with Crippen LogP contribution in [-0.4, -0.2) is 33.0 Å². The minimum Gasteiger partial charge on any atom is -0.461 e. The molecule has 1 amide bonds. The number of rotatable bonds is 7. The van der Waals surface area contributed by atoms with E-state index >= 15 is 0 Å². The number of thiazole rings is 1. The van der Waals surface area contributed by atoms with Crippen LogP contribution in [-0.2, 0) is 16.1 Å². The number of esters is 1. The van der Waals surface area contributed by atoms with Gasteiger partial charge in [0.1, 0.15) is 11.4 Å². The van der Waals surface area contributed by atoms with Crippen molar-refractivity contribution in [3.63, 3.8) is 0 Å². The molecule has 1 N–H and O–H groups in total. The van der Waals surface area contributed by atoms with Crippen LogP contribution in [0.1, 0.15) is 34.9 Å². The molecule has 0 fully saturated rings. The Hall–Kier alpha value is -3.08. The van der Waals surface area contributed by atoms with Crippen LogP contribution in [0.5, 0.6) is 0 Å². The first kappa shape index (κ1) is 21.2. The highest BCUT2D eigenvalue weighted by Crippen LogP contribution is 2.23. The van der Waals surface area contributed by atoms with Gasteiger partial charge in [-0.1, -0.05) is 25.2 Å². The van der Waals surface area contributed by atoms with Crippen LogP contribution in [0.15, 0.2) is 16.9 Å². The molecular formula is C17H20N4O6S. The normalized spacial score (nSPS) is 10.8. The number of carbonyl (C=O) groups is 2. The summed E-state index contributed by atoms with van der Waals surface area (Å²) in [6, 6.07) is 2.49. The van der Waals surface area contributed by atoms with Crippen molar-refractivity contribution >= 4 is 34.0 Å². The van der Waals surface area contributed by atoms with Gasteiger partial charge in [0, 0.05) is 11.8 Å². The minimum absolute atomic E-state index is 0.176. The molecule has 0 atom stereocenters. The van der Waals surface area contributed by atoms with Gasteiger partial charge in [0.25, 0.3) is 0 Å². The fourth-order valence-corrected chi connectivity index (χ4v) is 3.12. The van der Waals surface area contributed by atoms with Gasteiger partial charge < -0.3 is 10.1 Å². The maximum atomic E-state index is 12.3. The van der Waals surface area contributed by atoms with Crippen LogP contribution in [0.3, 0.4) is 0 Å². The quantitative estimate of drug-likeness (QED) is 0.422. The lowest BCUT2D eigenvalue weighted by molar-refractivity contribution is -0.386. The van der Waals surface area contributed by atoms with Crippen molar-refractivity contribution in [1.29, 1.82) is 0 Å². The number of nitrogens with one attached hydrogen (secondary N) is 1. The van der Waals surface area contributed by atoms with E-state index in [1.54, 1.807) is 13.8 Å². The molecule has 28 heavy (non-hydrogen) atoms. The molecule has 0 aliphatic carbocycles. The Kier molecular flexibility index (Phi) is 6.62. The van der Waals surface area contributed by atoms with E-state index in [2.05, 4.69) is 10.3 Å². The molecular weight excluding hydrogens is 388 g/mol. The monoisotopic (exact) mass is 408 g/mol.